The second-order valence-electron chi connectivity index (χ2n) is 14.8. The molecule has 0 aliphatic heterocycles. The quantitative estimate of drug-likeness (QED) is 0.151. The number of nitrogens with zero attached hydrogens (tertiary/aromatic N) is 1. The standard InChI is InChI=1S/C56H37NO/c1-5-18-38(19-6-1)44-34-32-42(36-49(44)39-20-7-2-8-21-39)57(51-29-17-31-53-56(51)48-28-15-16-30-52(48)58-53)43-33-35-46-45-26-13-14-27-47(45)54(40-22-9-3-10-23-40)55(50(46)37-43)41-24-11-4-12-25-41/h1-37H. The van der Waals surface area contributed by atoms with Gasteiger partial charge in [-0.3, -0.25) is 0 Å². The van der Waals surface area contributed by atoms with Crippen molar-refractivity contribution < 1.29 is 4.42 Å². The number of para-hydroxylation sites is 1. The summed E-state index contributed by atoms with van der Waals surface area (Å²) in [5.41, 5.74) is 14.4. The molecule has 0 fully saturated rings. The Kier molecular flexibility index (Phi) is 8.19. The third-order valence-corrected chi connectivity index (χ3v) is 11.4. The Bertz CT molecular complexity index is 3260. The van der Waals surface area contributed by atoms with E-state index in [4.69, 9.17) is 4.42 Å². The van der Waals surface area contributed by atoms with Gasteiger partial charge in [-0.1, -0.05) is 182 Å². The molecule has 1 heterocycles. The largest absolute Gasteiger partial charge is 0.456 e. The Balaban J connectivity index is 1.25. The van der Waals surface area contributed by atoms with Gasteiger partial charge in [0.15, 0.2) is 0 Å². The second-order valence-corrected chi connectivity index (χ2v) is 14.8. The van der Waals surface area contributed by atoms with Crippen LogP contribution in [0.4, 0.5) is 17.1 Å². The zero-order valence-electron chi connectivity index (χ0n) is 31.7. The number of furan rings is 1. The first-order chi connectivity index (χ1) is 28.8. The first-order valence-electron chi connectivity index (χ1n) is 19.8. The van der Waals surface area contributed by atoms with Crippen molar-refractivity contribution in [2.45, 2.75) is 0 Å². The van der Waals surface area contributed by atoms with Crippen LogP contribution in [-0.4, -0.2) is 0 Å². The van der Waals surface area contributed by atoms with Crippen molar-refractivity contribution in [3.63, 3.8) is 0 Å². The van der Waals surface area contributed by atoms with Crippen molar-refractivity contribution >= 4 is 60.5 Å². The molecule has 0 aliphatic rings. The lowest BCUT2D eigenvalue weighted by Crippen LogP contribution is -2.11. The van der Waals surface area contributed by atoms with Gasteiger partial charge in [0.25, 0.3) is 0 Å². The van der Waals surface area contributed by atoms with Crippen LogP contribution in [0.5, 0.6) is 0 Å². The molecule has 1 aromatic heterocycles. The van der Waals surface area contributed by atoms with Crippen LogP contribution in [-0.2, 0) is 0 Å². The van der Waals surface area contributed by atoms with Crippen LogP contribution in [0.15, 0.2) is 229 Å². The Morgan fingerprint density at radius 1 is 0.293 bits per heavy atom. The van der Waals surface area contributed by atoms with E-state index in [0.717, 1.165) is 39.0 Å². The molecule has 0 N–H and O–H groups in total. The smallest absolute Gasteiger partial charge is 0.137 e. The van der Waals surface area contributed by atoms with E-state index in [2.05, 4.69) is 223 Å². The maximum atomic E-state index is 6.52. The fourth-order valence-electron chi connectivity index (χ4n) is 8.89. The van der Waals surface area contributed by atoms with E-state index in [1.54, 1.807) is 0 Å². The van der Waals surface area contributed by atoms with Crippen molar-refractivity contribution in [2.75, 3.05) is 4.90 Å². The van der Waals surface area contributed by atoms with Crippen molar-refractivity contribution in [1.29, 1.82) is 0 Å². The summed E-state index contributed by atoms with van der Waals surface area (Å²) in [6.07, 6.45) is 0. The number of anilines is 3. The fraction of sp³-hybridized carbons (Fsp3) is 0. The Hall–Kier alpha value is -7.68. The summed E-state index contributed by atoms with van der Waals surface area (Å²) in [6, 6.07) is 80.7. The summed E-state index contributed by atoms with van der Waals surface area (Å²) in [4.78, 5) is 2.43. The first kappa shape index (κ1) is 33.6. The molecule has 2 heteroatoms. The molecular formula is C56H37NO. The van der Waals surface area contributed by atoms with Crippen LogP contribution in [0.25, 0.3) is 88.0 Å². The average Bonchev–Trinajstić information content (AvgIpc) is 3.69. The number of hydrogen-bond donors (Lipinski definition) is 0. The summed E-state index contributed by atoms with van der Waals surface area (Å²) in [7, 11) is 0. The zero-order valence-corrected chi connectivity index (χ0v) is 31.7. The molecule has 10 aromatic carbocycles. The molecule has 0 atom stereocenters. The molecule has 272 valence electrons. The summed E-state index contributed by atoms with van der Waals surface area (Å²) in [5, 5.41) is 7.05. The Labute approximate surface area is 337 Å². The minimum Gasteiger partial charge on any atom is -0.456 e. The van der Waals surface area contributed by atoms with E-state index in [1.165, 1.54) is 66.1 Å². The van der Waals surface area contributed by atoms with Gasteiger partial charge < -0.3 is 9.32 Å². The minimum absolute atomic E-state index is 0.857. The Morgan fingerprint density at radius 3 is 1.45 bits per heavy atom. The molecule has 58 heavy (non-hydrogen) atoms. The molecule has 0 unspecified atom stereocenters. The third kappa shape index (κ3) is 5.66. The number of benzene rings is 10. The number of rotatable bonds is 7. The summed E-state index contributed by atoms with van der Waals surface area (Å²) in [5.74, 6) is 0. The molecule has 0 bridgehead atoms. The molecule has 0 saturated carbocycles. The van der Waals surface area contributed by atoms with Crippen molar-refractivity contribution in [3.05, 3.63) is 224 Å². The molecule has 0 saturated heterocycles. The van der Waals surface area contributed by atoms with Crippen molar-refractivity contribution in [3.8, 4) is 44.5 Å². The highest BCUT2D eigenvalue weighted by Gasteiger charge is 2.23. The van der Waals surface area contributed by atoms with E-state index in [-0.39, 0.29) is 0 Å². The van der Waals surface area contributed by atoms with Gasteiger partial charge in [0.05, 0.1) is 11.1 Å². The first-order valence-corrected chi connectivity index (χ1v) is 19.8. The molecule has 11 rings (SSSR count). The number of fused-ring (bicyclic) bond motifs is 6. The van der Waals surface area contributed by atoms with E-state index in [1.807, 2.05) is 6.07 Å². The van der Waals surface area contributed by atoms with E-state index < -0.39 is 0 Å². The number of hydrogen-bond acceptors (Lipinski definition) is 2. The zero-order chi connectivity index (χ0) is 38.4. The van der Waals surface area contributed by atoms with Crippen LogP contribution >= 0.6 is 0 Å². The van der Waals surface area contributed by atoms with Crippen LogP contribution in [0.3, 0.4) is 0 Å². The summed E-state index contributed by atoms with van der Waals surface area (Å²) >= 11 is 0. The average molecular weight is 740 g/mol. The van der Waals surface area contributed by atoms with Gasteiger partial charge in [-0.05, 0) is 109 Å². The van der Waals surface area contributed by atoms with E-state index >= 15 is 0 Å². The summed E-state index contributed by atoms with van der Waals surface area (Å²) < 4.78 is 6.52. The van der Waals surface area contributed by atoms with Gasteiger partial charge in [-0.2, -0.15) is 0 Å². The molecule has 0 spiro atoms. The van der Waals surface area contributed by atoms with Gasteiger partial charge >= 0.3 is 0 Å². The van der Waals surface area contributed by atoms with Crippen LogP contribution < -0.4 is 4.90 Å². The molecular weight excluding hydrogens is 703 g/mol. The monoisotopic (exact) mass is 739 g/mol. The lowest BCUT2D eigenvalue weighted by atomic mass is 9.85. The molecule has 0 amide bonds. The Morgan fingerprint density at radius 2 is 0.776 bits per heavy atom. The van der Waals surface area contributed by atoms with Crippen LogP contribution in [0, 0.1) is 0 Å². The fourth-order valence-corrected chi connectivity index (χ4v) is 8.89. The lowest BCUT2D eigenvalue weighted by molar-refractivity contribution is 0.669. The predicted octanol–water partition coefficient (Wildman–Crippen LogP) is 16.0. The van der Waals surface area contributed by atoms with Gasteiger partial charge in [-0.25, -0.2) is 0 Å². The normalized spacial score (nSPS) is 11.4. The van der Waals surface area contributed by atoms with Crippen molar-refractivity contribution in [1.82, 2.24) is 0 Å². The van der Waals surface area contributed by atoms with Crippen LogP contribution in [0.2, 0.25) is 0 Å². The SMILES string of the molecule is c1ccc(-c2ccc(N(c3ccc4c(c3)c(-c3ccccc3)c(-c3ccccc3)c3ccccc34)c3cccc4oc5ccccc5c34)cc2-c2ccccc2)cc1. The van der Waals surface area contributed by atoms with Gasteiger partial charge in [0, 0.05) is 16.8 Å². The van der Waals surface area contributed by atoms with Crippen molar-refractivity contribution in [2.24, 2.45) is 0 Å². The van der Waals surface area contributed by atoms with E-state index in [9.17, 15) is 0 Å². The summed E-state index contributed by atoms with van der Waals surface area (Å²) in [6.45, 7) is 0. The highest BCUT2D eigenvalue weighted by Crippen LogP contribution is 2.49. The molecule has 0 aliphatic carbocycles. The maximum absolute atomic E-state index is 6.52. The highest BCUT2D eigenvalue weighted by atomic mass is 16.3. The minimum atomic E-state index is 0.857. The molecule has 2 nitrogen and oxygen atoms in total. The third-order valence-electron chi connectivity index (χ3n) is 11.4. The lowest BCUT2D eigenvalue weighted by Gasteiger charge is -2.28. The van der Waals surface area contributed by atoms with Crippen LogP contribution in [0.1, 0.15) is 0 Å². The van der Waals surface area contributed by atoms with Gasteiger partial charge in [0.2, 0.25) is 0 Å². The van der Waals surface area contributed by atoms with E-state index in [0.29, 0.717) is 0 Å². The predicted molar refractivity (Wildman–Crippen MR) is 245 cm³/mol. The molecule has 0 radical (unpaired) electrons. The topological polar surface area (TPSA) is 16.4 Å². The van der Waals surface area contributed by atoms with Gasteiger partial charge in [-0.15, -0.1) is 0 Å². The molecule has 11 aromatic rings. The maximum Gasteiger partial charge on any atom is 0.137 e. The second kappa shape index (κ2) is 14.1. The van der Waals surface area contributed by atoms with Gasteiger partial charge in [0.1, 0.15) is 11.2 Å². The highest BCUT2D eigenvalue weighted by molar-refractivity contribution is 6.22.